The van der Waals surface area contributed by atoms with Gasteiger partial charge in [0.25, 0.3) is 0 Å². The Hall–Kier alpha value is -1.59. The molecule has 1 spiro atoms. The van der Waals surface area contributed by atoms with E-state index in [0.717, 1.165) is 51.3 Å². The van der Waals surface area contributed by atoms with Crippen LogP contribution in [0.2, 0.25) is 0 Å². The Morgan fingerprint density at radius 3 is 2.93 bits per heavy atom. The second-order valence-electron chi connectivity index (χ2n) is 8.61. The summed E-state index contributed by atoms with van der Waals surface area (Å²) in [6.07, 6.45) is 5.21. The molecule has 0 unspecified atom stereocenters. The van der Waals surface area contributed by atoms with Crippen LogP contribution >= 0.6 is 0 Å². The van der Waals surface area contributed by atoms with Crippen LogP contribution in [0.4, 0.5) is 0 Å². The lowest BCUT2D eigenvalue weighted by Crippen LogP contribution is -2.41. The van der Waals surface area contributed by atoms with Gasteiger partial charge in [0.2, 0.25) is 5.91 Å². The number of hydrogen-bond donors (Lipinski definition) is 3. The Bertz CT molecular complexity index is 611. The highest BCUT2D eigenvalue weighted by Crippen LogP contribution is 2.37. The molecule has 0 radical (unpaired) electrons. The maximum Gasteiger partial charge on any atom is 0.237 e. The minimum absolute atomic E-state index is 0.0335. The third-order valence-electron chi connectivity index (χ3n) is 5.92. The Kier molecular flexibility index (Phi) is 7.13. The standard InChI is InChI=1S/C22H35N3O2/c1-17(2)7-13-27-19-5-3-4-18(14-19)6-10-24-21(26)20-15-22(16-25-20)8-11-23-12-9-22/h3-5,14,17,20,23,25H,6-13,15-16H2,1-2H3,(H,24,26)/t20-/m0/s1. The summed E-state index contributed by atoms with van der Waals surface area (Å²) in [6.45, 7) is 8.95. The molecule has 0 bridgehead atoms. The lowest BCUT2D eigenvalue weighted by atomic mass is 9.77. The van der Waals surface area contributed by atoms with Gasteiger partial charge in [-0.15, -0.1) is 0 Å². The molecule has 1 aromatic rings. The number of rotatable bonds is 8. The lowest BCUT2D eigenvalue weighted by Gasteiger charge is -2.33. The molecule has 5 nitrogen and oxygen atoms in total. The maximum atomic E-state index is 12.5. The highest BCUT2D eigenvalue weighted by Gasteiger charge is 2.41. The topological polar surface area (TPSA) is 62.4 Å². The first-order valence-electron chi connectivity index (χ1n) is 10.5. The summed E-state index contributed by atoms with van der Waals surface area (Å²) < 4.78 is 5.83. The number of nitrogens with one attached hydrogen (secondary N) is 3. The van der Waals surface area contributed by atoms with Gasteiger partial charge >= 0.3 is 0 Å². The number of carbonyl (C=O) groups is 1. The molecule has 2 fully saturated rings. The molecule has 2 saturated heterocycles. The van der Waals surface area contributed by atoms with E-state index in [1.165, 1.54) is 18.4 Å². The molecule has 1 atom stereocenters. The SMILES string of the molecule is CC(C)CCOc1cccc(CCNC(=O)[C@@H]2CC3(CCNCC3)CN2)c1. The van der Waals surface area contributed by atoms with E-state index in [-0.39, 0.29) is 11.9 Å². The zero-order valence-corrected chi connectivity index (χ0v) is 16.9. The average Bonchev–Trinajstić information content (AvgIpc) is 3.06. The van der Waals surface area contributed by atoms with Crippen molar-refractivity contribution in [3.8, 4) is 5.75 Å². The van der Waals surface area contributed by atoms with Crippen molar-refractivity contribution >= 4 is 5.91 Å². The molecular formula is C22H35N3O2. The van der Waals surface area contributed by atoms with Crippen LogP contribution in [0.3, 0.4) is 0 Å². The molecule has 0 aliphatic carbocycles. The largest absolute Gasteiger partial charge is 0.494 e. The third kappa shape index (κ3) is 5.94. The van der Waals surface area contributed by atoms with Gasteiger partial charge < -0.3 is 20.7 Å². The first kappa shape index (κ1) is 20.2. The predicted octanol–water partition coefficient (Wildman–Crippen LogP) is 2.50. The van der Waals surface area contributed by atoms with Gasteiger partial charge in [0.05, 0.1) is 12.6 Å². The monoisotopic (exact) mass is 373 g/mol. The zero-order valence-electron chi connectivity index (χ0n) is 16.9. The van der Waals surface area contributed by atoms with Crippen molar-refractivity contribution in [3.63, 3.8) is 0 Å². The molecule has 27 heavy (non-hydrogen) atoms. The van der Waals surface area contributed by atoms with Crippen LogP contribution in [0.5, 0.6) is 5.75 Å². The van der Waals surface area contributed by atoms with Gasteiger partial charge in [-0.05, 0) is 74.2 Å². The van der Waals surface area contributed by atoms with Crippen molar-refractivity contribution in [1.82, 2.24) is 16.0 Å². The van der Waals surface area contributed by atoms with Crippen molar-refractivity contribution in [2.45, 2.75) is 52.0 Å². The van der Waals surface area contributed by atoms with Gasteiger partial charge in [0.1, 0.15) is 5.75 Å². The Morgan fingerprint density at radius 1 is 1.33 bits per heavy atom. The number of amides is 1. The van der Waals surface area contributed by atoms with Gasteiger partial charge in [-0.25, -0.2) is 0 Å². The Balaban J connectivity index is 1.40. The minimum Gasteiger partial charge on any atom is -0.494 e. The summed E-state index contributed by atoms with van der Waals surface area (Å²) in [7, 11) is 0. The Labute approximate surface area is 163 Å². The molecule has 5 heteroatoms. The molecule has 150 valence electrons. The molecule has 2 aliphatic heterocycles. The number of carbonyl (C=O) groups excluding carboxylic acids is 1. The number of benzene rings is 1. The summed E-state index contributed by atoms with van der Waals surface area (Å²) in [4.78, 5) is 12.5. The fourth-order valence-corrected chi connectivity index (χ4v) is 4.10. The highest BCUT2D eigenvalue weighted by molar-refractivity contribution is 5.82. The van der Waals surface area contributed by atoms with Crippen molar-refractivity contribution < 1.29 is 9.53 Å². The molecule has 2 heterocycles. The molecule has 0 saturated carbocycles. The lowest BCUT2D eigenvalue weighted by molar-refractivity contribution is -0.122. The molecule has 0 aromatic heterocycles. The highest BCUT2D eigenvalue weighted by atomic mass is 16.5. The minimum atomic E-state index is -0.0335. The van der Waals surface area contributed by atoms with E-state index in [0.29, 0.717) is 17.9 Å². The number of piperidine rings is 1. The van der Waals surface area contributed by atoms with Gasteiger partial charge in [-0.2, -0.15) is 0 Å². The number of ether oxygens (including phenoxy) is 1. The molecular weight excluding hydrogens is 338 g/mol. The second kappa shape index (κ2) is 9.56. The van der Waals surface area contributed by atoms with Crippen molar-refractivity contribution in [2.24, 2.45) is 11.3 Å². The van der Waals surface area contributed by atoms with E-state index in [1.807, 2.05) is 12.1 Å². The van der Waals surface area contributed by atoms with Crippen molar-refractivity contribution in [1.29, 1.82) is 0 Å². The fraction of sp³-hybridized carbons (Fsp3) is 0.682. The fourth-order valence-electron chi connectivity index (χ4n) is 4.10. The smallest absolute Gasteiger partial charge is 0.237 e. The second-order valence-corrected chi connectivity index (χ2v) is 8.61. The van der Waals surface area contributed by atoms with Crippen LogP contribution in [0.15, 0.2) is 24.3 Å². The summed E-state index contributed by atoms with van der Waals surface area (Å²) >= 11 is 0. The molecule has 3 N–H and O–H groups in total. The van der Waals surface area contributed by atoms with Gasteiger partial charge in [-0.3, -0.25) is 4.79 Å². The predicted molar refractivity (Wildman–Crippen MR) is 109 cm³/mol. The van der Waals surface area contributed by atoms with E-state index < -0.39 is 0 Å². The van der Waals surface area contributed by atoms with E-state index in [4.69, 9.17) is 4.74 Å². The van der Waals surface area contributed by atoms with E-state index in [1.54, 1.807) is 0 Å². The van der Waals surface area contributed by atoms with Crippen LogP contribution in [0.25, 0.3) is 0 Å². The first-order valence-corrected chi connectivity index (χ1v) is 10.5. The van der Waals surface area contributed by atoms with Crippen molar-refractivity contribution in [2.75, 3.05) is 32.8 Å². The summed E-state index contributed by atoms with van der Waals surface area (Å²) in [5, 5.41) is 9.98. The van der Waals surface area contributed by atoms with Crippen molar-refractivity contribution in [3.05, 3.63) is 29.8 Å². The Morgan fingerprint density at radius 2 is 2.15 bits per heavy atom. The molecule has 1 aromatic carbocycles. The zero-order chi connectivity index (χ0) is 19.1. The third-order valence-corrected chi connectivity index (χ3v) is 5.92. The van der Waals surface area contributed by atoms with Crippen LogP contribution in [-0.4, -0.2) is 44.7 Å². The molecule has 2 aliphatic rings. The van der Waals surface area contributed by atoms with Gasteiger partial charge in [0, 0.05) is 13.1 Å². The summed E-state index contributed by atoms with van der Waals surface area (Å²) in [6, 6.07) is 8.18. The van der Waals surface area contributed by atoms with Crippen LogP contribution < -0.4 is 20.7 Å². The first-order chi connectivity index (χ1) is 13.1. The maximum absolute atomic E-state index is 12.5. The van der Waals surface area contributed by atoms with Gasteiger partial charge in [0.15, 0.2) is 0 Å². The van der Waals surface area contributed by atoms with Crippen LogP contribution in [0, 0.1) is 11.3 Å². The average molecular weight is 374 g/mol. The normalized spacial score (nSPS) is 21.5. The summed E-state index contributed by atoms with van der Waals surface area (Å²) in [5.41, 5.74) is 1.53. The van der Waals surface area contributed by atoms with E-state index in [2.05, 4.69) is 41.9 Å². The molecule has 1 amide bonds. The van der Waals surface area contributed by atoms with E-state index in [9.17, 15) is 4.79 Å². The van der Waals surface area contributed by atoms with E-state index >= 15 is 0 Å². The van der Waals surface area contributed by atoms with Crippen LogP contribution in [-0.2, 0) is 11.2 Å². The number of hydrogen-bond acceptors (Lipinski definition) is 4. The quantitative estimate of drug-likeness (QED) is 0.655. The summed E-state index contributed by atoms with van der Waals surface area (Å²) in [5.74, 6) is 1.72. The molecule has 3 rings (SSSR count). The van der Waals surface area contributed by atoms with Gasteiger partial charge in [-0.1, -0.05) is 26.0 Å². The van der Waals surface area contributed by atoms with Crippen LogP contribution in [0.1, 0.15) is 45.1 Å².